The van der Waals surface area contributed by atoms with Crippen LogP contribution in [0.5, 0.6) is 0 Å². The summed E-state index contributed by atoms with van der Waals surface area (Å²) in [6.07, 6.45) is 0. The van der Waals surface area contributed by atoms with Crippen molar-refractivity contribution < 1.29 is 9.78 Å². The van der Waals surface area contributed by atoms with E-state index < -0.39 is 0 Å². The summed E-state index contributed by atoms with van der Waals surface area (Å²) >= 11 is 1.65. The van der Waals surface area contributed by atoms with Gasteiger partial charge in [-0.3, -0.25) is 9.69 Å². The van der Waals surface area contributed by atoms with Crippen molar-refractivity contribution in [1.29, 1.82) is 0 Å². The second-order valence-corrected chi connectivity index (χ2v) is 6.33. The van der Waals surface area contributed by atoms with Crippen molar-refractivity contribution in [3.05, 3.63) is 58.8 Å². The Morgan fingerprint density at radius 2 is 2.04 bits per heavy atom. The maximum absolute atomic E-state index is 12.2. The van der Waals surface area contributed by atoms with Crippen molar-refractivity contribution in [1.82, 2.24) is 5.32 Å². The molecule has 2 aromatic heterocycles. The average Bonchev–Trinajstić information content (AvgIpc) is 3.11. The highest BCUT2D eigenvalue weighted by atomic mass is 32.1. The Morgan fingerprint density at radius 3 is 2.83 bits per heavy atom. The Kier molecular flexibility index (Phi) is 4.88. The number of thiophene rings is 1. The molecule has 0 radical (unpaired) electrons. The zero-order valence-electron chi connectivity index (χ0n) is 13.1. The van der Waals surface area contributed by atoms with Crippen molar-refractivity contribution >= 4 is 34.0 Å². The first-order valence-corrected chi connectivity index (χ1v) is 8.59. The summed E-state index contributed by atoms with van der Waals surface area (Å²) in [5.41, 5.74) is 1.07. The smallest absolute Gasteiger partial charge is 0.275 e. The highest BCUT2D eigenvalue weighted by Crippen LogP contribution is 2.13. The fourth-order valence-corrected chi connectivity index (χ4v) is 3.13. The summed E-state index contributed by atoms with van der Waals surface area (Å²) in [5, 5.41) is 6.15. The van der Waals surface area contributed by atoms with Gasteiger partial charge >= 0.3 is 0 Å². The zero-order chi connectivity index (χ0) is 16.1. The Balaban J connectivity index is 1.67. The van der Waals surface area contributed by atoms with Gasteiger partial charge < -0.3 is 5.32 Å². The highest BCUT2D eigenvalue weighted by molar-refractivity contribution is 7.09. The van der Waals surface area contributed by atoms with E-state index in [0.29, 0.717) is 13.1 Å². The van der Waals surface area contributed by atoms with Gasteiger partial charge in [0.05, 0.1) is 13.1 Å². The Bertz CT molecular complexity index is 786. The van der Waals surface area contributed by atoms with Crippen LogP contribution in [-0.2, 0) is 11.3 Å². The number of nitrogens with one attached hydrogen (secondary N) is 2. The predicted molar refractivity (Wildman–Crippen MR) is 94.6 cm³/mol. The summed E-state index contributed by atoms with van der Waals surface area (Å²) in [5.74, 6) is 0.985. The number of hydrogen-bond donors (Lipinski definition) is 1. The SMILES string of the molecule is CCN(CC(=O)NCc1cccs1)c1ccc2ccccc2[nH+]1. The van der Waals surface area contributed by atoms with Crippen LogP contribution in [0.3, 0.4) is 0 Å². The Hall–Kier alpha value is -2.40. The number of hydrogen-bond acceptors (Lipinski definition) is 3. The van der Waals surface area contributed by atoms with Gasteiger partial charge in [-0.15, -0.1) is 11.3 Å². The second-order valence-electron chi connectivity index (χ2n) is 5.30. The standard InChI is InChI=1S/C18H19N3OS/c1-2-21(13-18(22)19-12-15-7-5-11-23-15)17-10-9-14-6-3-4-8-16(14)20-17/h3-11H,2,12-13H2,1H3,(H,19,22)/p+1. The largest absolute Gasteiger partial charge is 0.348 e. The van der Waals surface area contributed by atoms with Crippen molar-refractivity contribution in [2.75, 3.05) is 18.0 Å². The molecular weight excluding hydrogens is 306 g/mol. The van der Waals surface area contributed by atoms with Crippen LogP contribution in [0, 0.1) is 0 Å². The molecular formula is C18H20N3OS+. The van der Waals surface area contributed by atoms with Gasteiger partial charge in [-0.05, 0) is 30.5 Å². The Labute approximate surface area is 139 Å². The molecule has 4 nitrogen and oxygen atoms in total. The van der Waals surface area contributed by atoms with Crippen molar-refractivity contribution in [3.63, 3.8) is 0 Å². The molecule has 0 spiro atoms. The van der Waals surface area contributed by atoms with E-state index in [1.165, 1.54) is 4.88 Å². The molecule has 0 unspecified atom stereocenters. The molecule has 118 valence electrons. The molecule has 0 fully saturated rings. The van der Waals surface area contributed by atoms with E-state index in [1.807, 2.05) is 46.7 Å². The summed E-state index contributed by atoms with van der Waals surface area (Å²) in [6, 6.07) is 16.3. The maximum atomic E-state index is 12.2. The number of para-hydroxylation sites is 1. The first kappa shape index (κ1) is 15.5. The van der Waals surface area contributed by atoms with E-state index in [2.05, 4.69) is 29.4 Å². The zero-order valence-corrected chi connectivity index (χ0v) is 13.9. The van der Waals surface area contributed by atoms with Crippen LogP contribution < -0.4 is 15.2 Å². The third-order valence-electron chi connectivity index (χ3n) is 3.74. The number of carbonyl (C=O) groups is 1. The van der Waals surface area contributed by atoms with E-state index in [-0.39, 0.29) is 5.91 Å². The average molecular weight is 326 g/mol. The normalized spacial score (nSPS) is 10.7. The van der Waals surface area contributed by atoms with Gasteiger partial charge in [-0.2, -0.15) is 0 Å². The van der Waals surface area contributed by atoms with Crippen LogP contribution in [-0.4, -0.2) is 19.0 Å². The van der Waals surface area contributed by atoms with Gasteiger partial charge in [-0.25, -0.2) is 4.98 Å². The molecule has 23 heavy (non-hydrogen) atoms. The van der Waals surface area contributed by atoms with Gasteiger partial charge in [-0.1, -0.05) is 24.3 Å². The molecule has 5 heteroatoms. The number of likely N-dealkylation sites (N-methyl/N-ethyl adjacent to an activating group) is 1. The molecule has 0 aliphatic carbocycles. The van der Waals surface area contributed by atoms with Crippen LogP contribution in [0.15, 0.2) is 53.9 Å². The number of pyridine rings is 1. The topological polar surface area (TPSA) is 46.5 Å². The minimum atomic E-state index is 0.0295. The summed E-state index contributed by atoms with van der Waals surface area (Å²) < 4.78 is 0. The maximum Gasteiger partial charge on any atom is 0.275 e. The lowest BCUT2D eigenvalue weighted by Crippen LogP contribution is -2.39. The second kappa shape index (κ2) is 7.24. The first-order valence-electron chi connectivity index (χ1n) is 7.71. The van der Waals surface area contributed by atoms with Gasteiger partial charge in [0.25, 0.3) is 11.7 Å². The number of carbonyl (C=O) groups excluding carboxylic acids is 1. The minimum absolute atomic E-state index is 0.0295. The van der Waals surface area contributed by atoms with E-state index in [0.717, 1.165) is 23.3 Å². The molecule has 1 amide bonds. The molecule has 2 N–H and O–H groups in total. The number of benzene rings is 1. The van der Waals surface area contributed by atoms with Crippen LogP contribution >= 0.6 is 11.3 Å². The third kappa shape index (κ3) is 3.87. The lowest BCUT2D eigenvalue weighted by Gasteiger charge is -2.14. The van der Waals surface area contributed by atoms with Crippen LogP contribution in [0.1, 0.15) is 11.8 Å². The summed E-state index contributed by atoms with van der Waals surface area (Å²) in [7, 11) is 0. The number of fused-ring (bicyclic) bond motifs is 1. The number of aromatic nitrogens is 1. The number of rotatable bonds is 6. The number of H-pyrrole nitrogens is 1. The van der Waals surface area contributed by atoms with Gasteiger partial charge in [0.15, 0.2) is 6.54 Å². The lowest BCUT2D eigenvalue weighted by atomic mass is 10.2. The third-order valence-corrected chi connectivity index (χ3v) is 4.62. The van der Waals surface area contributed by atoms with Crippen LogP contribution in [0.2, 0.25) is 0 Å². The molecule has 0 saturated heterocycles. The van der Waals surface area contributed by atoms with Gasteiger partial charge in [0.1, 0.15) is 5.52 Å². The monoisotopic (exact) mass is 326 g/mol. The number of aromatic amines is 1. The molecule has 0 saturated carbocycles. The highest BCUT2D eigenvalue weighted by Gasteiger charge is 2.18. The van der Waals surface area contributed by atoms with Crippen molar-refractivity contribution in [2.24, 2.45) is 0 Å². The van der Waals surface area contributed by atoms with E-state index >= 15 is 0 Å². The van der Waals surface area contributed by atoms with Crippen molar-refractivity contribution in [2.45, 2.75) is 13.5 Å². The first-order chi connectivity index (χ1) is 11.3. The minimum Gasteiger partial charge on any atom is -0.348 e. The van der Waals surface area contributed by atoms with Crippen molar-refractivity contribution in [3.8, 4) is 0 Å². The number of anilines is 1. The molecule has 2 heterocycles. The van der Waals surface area contributed by atoms with E-state index in [4.69, 9.17) is 0 Å². The molecule has 3 rings (SSSR count). The molecule has 3 aromatic rings. The van der Waals surface area contributed by atoms with E-state index in [1.54, 1.807) is 11.3 Å². The lowest BCUT2D eigenvalue weighted by molar-refractivity contribution is -0.330. The molecule has 0 aliphatic heterocycles. The quantitative estimate of drug-likeness (QED) is 0.757. The van der Waals surface area contributed by atoms with Gasteiger partial charge in [0.2, 0.25) is 0 Å². The molecule has 0 aliphatic rings. The van der Waals surface area contributed by atoms with Crippen LogP contribution in [0.4, 0.5) is 5.82 Å². The van der Waals surface area contributed by atoms with Crippen LogP contribution in [0.25, 0.3) is 10.9 Å². The summed E-state index contributed by atoms with van der Waals surface area (Å²) in [6.45, 7) is 3.75. The van der Waals surface area contributed by atoms with Gasteiger partial charge in [0, 0.05) is 16.3 Å². The number of amides is 1. The fraction of sp³-hybridized carbons (Fsp3) is 0.222. The Morgan fingerprint density at radius 1 is 1.17 bits per heavy atom. The summed E-state index contributed by atoms with van der Waals surface area (Å²) in [4.78, 5) is 18.8. The predicted octanol–water partition coefficient (Wildman–Crippen LogP) is 2.86. The molecule has 0 atom stereocenters. The fourth-order valence-electron chi connectivity index (χ4n) is 2.48. The molecule has 0 bridgehead atoms. The van der Waals surface area contributed by atoms with E-state index in [9.17, 15) is 4.79 Å². The number of nitrogens with zero attached hydrogens (tertiary/aromatic N) is 1. The molecule has 1 aromatic carbocycles.